The van der Waals surface area contributed by atoms with E-state index in [0.29, 0.717) is 26.2 Å². The number of likely N-dealkylation sites (tertiary alicyclic amines) is 1. The van der Waals surface area contributed by atoms with Gasteiger partial charge in [-0.15, -0.1) is 0 Å². The Bertz CT molecular complexity index is 920. The fraction of sp³-hybridized carbons (Fsp3) is 0.409. The number of anilines is 1. The summed E-state index contributed by atoms with van der Waals surface area (Å²) in [5.41, 5.74) is 1.99. The summed E-state index contributed by atoms with van der Waals surface area (Å²) >= 11 is 0. The molecular weight excluding hydrogens is 386 g/mol. The summed E-state index contributed by atoms with van der Waals surface area (Å²) < 4.78 is 23.7. The Hall–Kier alpha value is -2.38. The molecule has 154 valence electrons. The van der Waals surface area contributed by atoms with Crippen molar-refractivity contribution in [2.24, 2.45) is 0 Å². The molecule has 2 heterocycles. The summed E-state index contributed by atoms with van der Waals surface area (Å²) in [6.45, 7) is 2.16. The number of benzene rings is 2. The van der Waals surface area contributed by atoms with Crippen molar-refractivity contribution in [1.29, 1.82) is 0 Å². The molecule has 2 aliphatic rings. The number of nitrogens with zero attached hydrogens (tertiary/aromatic N) is 2. The zero-order valence-corrected chi connectivity index (χ0v) is 17.2. The highest BCUT2D eigenvalue weighted by atomic mass is 32.2. The maximum Gasteiger partial charge on any atom is 0.244 e. The van der Waals surface area contributed by atoms with Crippen LogP contribution in [0, 0.1) is 0 Å². The number of rotatable bonds is 5. The molecule has 0 bridgehead atoms. The molecule has 2 unspecified atom stereocenters. The van der Waals surface area contributed by atoms with Crippen LogP contribution in [0.5, 0.6) is 0 Å². The maximum atomic E-state index is 13.5. The molecule has 2 aromatic carbocycles. The van der Waals surface area contributed by atoms with Gasteiger partial charge in [0.05, 0.1) is 11.5 Å². The van der Waals surface area contributed by atoms with E-state index in [4.69, 9.17) is 0 Å². The van der Waals surface area contributed by atoms with Crippen LogP contribution < -0.4 is 5.32 Å². The van der Waals surface area contributed by atoms with Gasteiger partial charge in [-0.1, -0.05) is 48.5 Å². The Morgan fingerprint density at radius 2 is 1.55 bits per heavy atom. The van der Waals surface area contributed by atoms with Gasteiger partial charge in [-0.05, 0) is 24.1 Å². The van der Waals surface area contributed by atoms with Gasteiger partial charge in [0, 0.05) is 37.9 Å². The average Bonchev–Trinajstić information content (AvgIpc) is 3.19. The first kappa shape index (κ1) is 19.9. The van der Waals surface area contributed by atoms with Crippen LogP contribution in [0.1, 0.15) is 18.0 Å². The molecular formula is C22H27N3O3S. The molecule has 1 N–H and O–H groups in total. The predicted molar refractivity (Wildman–Crippen MR) is 114 cm³/mol. The van der Waals surface area contributed by atoms with Crippen molar-refractivity contribution in [2.45, 2.75) is 18.5 Å². The van der Waals surface area contributed by atoms with Gasteiger partial charge in [0.25, 0.3) is 0 Å². The second-order valence-corrected chi connectivity index (χ2v) is 10.1. The van der Waals surface area contributed by atoms with Crippen LogP contribution in [0.2, 0.25) is 0 Å². The van der Waals surface area contributed by atoms with E-state index >= 15 is 0 Å². The molecule has 0 aliphatic carbocycles. The van der Waals surface area contributed by atoms with Crippen molar-refractivity contribution in [1.82, 2.24) is 9.80 Å². The minimum Gasteiger partial charge on any atom is -0.380 e. The molecule has 2 aliphatic heterocycles. The third-order valence-corrected chi connectivity index (χ3v) is 7.35. The van der Waals surface area contributed by atoms with Crippen LogP contribution >= 0.6 is 0 Å². The van der Waals surface area contributed by atoms with Crippen molar-refractivity contribution >= 4 is 21.4 Å². The van der Waals surface area contributed by atoms with Crippen LogP contribution in [0.3, 0.4) is 0 Å². The van der Waals surface area contributed by atoms with E-state index in [1.54, 1.807) is 0 Å². The van der Waals surface area contributed by atoms with Crippen LogP contribution in [0.15, 0.2) is 60.7 Å². The third kappa shape index (κ3) is 4.79. The number of hydrogen-bond donors (Lipinski definition) is 1. The number of hydrogen-bond acceptors (Lipinski definition) is 5. The predicted octanol–water partition coefficient (Wildman–Crippen LogP) is 2.17. The monoisotopic (exact) mass is 413 g/mol. The normalized spacial score (nSPS) is 22.9. The summed E-state index contributed by atoms with van der Waals surface area (Å²) in [7, 11) is -3.00. The molecule has 0 saturated carbocycles. The summed E-state index contributed by atoms with van der Waals surface area (Å²) in [5, 5.41) is 3.51. The van der Waals surface area contributed by atoms with Gasteiger partial charge in [-0.25, -0.2) is 8.42 Å². The average molecular weight is 414 g/mol. The zero-order chi connectivity index (χ0) is 20.3. The molecule has 1 amide bonds. The Kier molecular flexibility index (Phi) is 5.87. The van der Waals surface area contributed by atoms with Crippen LogP contribution in [-0.2, 0) is 14.6 Å². The maximum absolute atomic E-state index is 13.5. The van der Waals surface area contributed by atoms with E-state index in [0.717, 1.165) is 17.7 Å². The van der Waals surface area contributed by atoms with Gasteiger partial charge >= 0.3 is 0 Å². The first-order valence-electron chi connectivity index (χ1n) is 10.1. The minimum atomic E-state index is -3.00. The smallest absolute Gasteiger partial charge is 0.244 e. The molecule has 2 saturated heterocycles. The summed E-state index contributed by atoms with van der Waals surface area (Å²) in [6, 6.07) is 19.5. The number of amides is 1. The third-order valence-electron chi connectivity index (χ3n) is 5.74. The lowest BCUT2D eigenvalue weighted by atomic mass is 10.0. The molecule has 2 atom stereocenters. The van der Waals surface area contributed by atoms with E-state index in [9.17, 15) is 13.2 Å². The Morgan fingerprint density at radius 1 is 0.931 bits per heavy atom. The van der Waals surface area contributed by atoms with Crippen molar-refractivity contribution in [3.8, 4) is 0 Å². The standard InChI is InChI=1S/C22H27N3O3S/c26-22(25-12-11-20(17-25)23-19-9-5-2-6-10-19)21(18-7-3-1-4-8-18)24-13-15-29(27,28)16-14-24/h1-10,20-21,23H,11-17H2. The lowest BCUT2D eigenvalue weighted by Crippen LogP contribution is -2.48. The van der Waals surface area contributed by atoms with Gasteiger partial charge in [0.1, 0.15) is 6.04 Å². The van der Waals surface area contributed by atoms with Gasteiger partial charge in [0.15, 0.2) is 9.84 Å². The Labute approximate surface area is 172 Å². The number of sulfone groups is 1. The summed E-state index contributed by atoms with van der Waals surface area (Å²) in [6.07, 6.45) is 0.899. The molecule has 0 aromatic heterocycles. The molecule has 4 rings (SSSR count). The zero-order valence-electron chi connectivity index (χ0n) is 16.4. The SMILES string of the molecule is O=C(C(c1ccccc1)N1CCS(=O)(=O)CC1)N1CCC(Nc2ccccc2)C1. The molecule has 2 fully saturated rings. The van der Waals surface area contributed by atoms with Crippen molar-refractivity contribution in [3.05, 3.63) is 66.2 Å². The minimum absolute atomic E-state index is 0.0628. The highest BCUT2D eigenvalue weighted by Gasteiger charge is 2.37. The lowest BCUT2D eigenvalue weighted by molar-refractivity contribution is -0.136. The van der Waals surface area contributed by atoms with E-state index in [1.165, 1.54) is 0 Å². The molecule has 7 heteroatoms. The Balaban J connectivity index is 1.48. The topological polar surface area (TPSA) is 69.7 Å². The highest BCUT2D eigenvalue weighted by Crippen LogP contribution is 2.27. The van der Waals surface area contributed by atoms with Crippen molar-refractivity contribution in [3.63, 3.8) is 0 Å². The summed E-state index contributed by atoms with van der Waals surface area (Å²) in [4.78, 5) is 17.5. The molecule has 6 nitrogen and oxygen atoms in total. The van der Waals surface area contributed by atoms with Gasteiger partial charge in [-0.2, -0.15) is 0 Å². The van der Waals surface area contributed by atoms with Crippen molar-refractivity contribution < 1.29 is 13.2 Å². The van der Waals surface area contributed by atoms with Gasteiger partial charge in [-0.3, -0.25) is 9.69 Å². The number of nitrogens with one attached hydrogen (secondary N) is 1. The first-order chi connectivity index (χ1) is 14.0. The first-order valence-corrected chi connectivity index (χ1v) is 11.9. The van der Waals surface area contributed by atoms with Crippen molar-refractivity contribution in [2.75, 3.05) is 43.0 Å². The van der Waals surface area contributed by atoms with E-state index in [2.05, 4.69) is 5.32 Å². The largest absolute Gasteiger partial charge is 0.380 e. The fourth-order valence-electron chi connectivity index (χ4n) is 4.15. The highest BCUT2D eigenvalue weighted by molar-refractivity contribution is 7.91. The number of carbonyl (C=O) groups excluding carboxylic acids is 1. The van der Waals surface area contributed by atoms with E-state index in [-0.39, 0.29) is 23.5 Å². The van der Waals surface area contributed by atoms with Crippen LogP contribution in [0.4, 0.5) is 5.69 Å². The quantitative estimate of drug-likeness (QED) is 0.814. The molecule has 0 spiro atoms. The van der Waals surface area contributed by atoms with Gasteiger partial charge in [0.2, 0.25) is 5.91 Å². The van der Waals surface area contributed by atoms with Crippen LogP contribution in [-0.4, -0.2) is 67.9 Å². The number of carbonyl (C=O) groups is 1. The molecule has 0 radical (unpaired) electrons. The van der Waals surface area contributed by atoms with Gasteiger partial charge < -0.3 is 10.2 Å². The van der Waals surface area contributed by atoms with Crippen LogP contribution in [0.25, 0.3) is 0 Å². The fourth-order valence-corrected chi connectivity index (χ4v) is 5.38. The second kappa shape index (κ2) is 8.55. The second-order valence-electron chi connectivity index (χ2n) is 7.78. The Morgan fingerprint density at radius 3 is 2.21 bits per heavy atom. The molecule has 29 heavy (non-hydrogen) atoms. The lowest BCUT2D eigenvalue weighted by Gasteiger charge is -2.35. The summed E-state index contributed by atoms with van der Waals surface area (Å²) in [5.74, 6) is 0.289. The van der Waals surface area contributed by atoms with E-state index < -0.39 is 15.9 Å². The van der Waals surface area contributed by atoms with E-state index in [1.807, 2.05) is 70.5 Å². The molecule has 2 aromatic rings. The number of para-hydroxylation sites is 1.